The van der Waals surface area contributed by atoms with E-state index in [0.29, 0.717) is 29.4 Å². The molecule has 1 amide bonds. The van der Waals surface area contributed by atoms with Gasteiger partial charge in [-0.25, -0.2) is 0 Å². The van der Waals surface area contributed by atoms with Gasteiger partial charge in [0, 0.05) is 28.1 Å². The molecule has 1 aliphatic rings. The maximum atomic E-state index is 13.1. The summed E-state index contributed by atoms with van der Waals surface area (Å²) in [6.07, 6.45) is 0. The van der Waals surface area contributed by atoms with Crippen molar-refractivity contribution in [3.63, 3.8) is 0 Å². The summed E-state index contributed by atoms with van der Waals surface area (Å²) in [4.78, 5) is 14.9. The van der Waals surface area contributed by atoms with Crippen LogP contribution < -0.4 is 0 Å². The van der Waals surface area contributed by atoms with E-state index in [0.717, 1.165) is 21.3 Å². The van der Waals surface area contributed by atoms with E-state index < -0.39 is 0 Å². The highest BCUT2D eigenvalue weighted by Gasteiger charge is 2.31. The molecule has 0 bridgehead atoms. The van der Waals surface area contributed by atoms with Crippen molar-refractivity contribution in [3.05, 3.63) is 74.8 Å². The largest absolute Gasteiger partial charge is 0.331 e. The number of nitriles is 1. The average Bonchev–Trinajstić information content (AvgIpc) is 3.12. The van der Waals surface area contributed by atoms with Crippen LogP contribution in [-0.4, -0.2) is 27.1 Å². The van der Waals surface area contributed by atoms with Gasteiger partial charge in [0.15, 0.2) is 0 Å². The molecule has 2 aromatic carbocycles. The summed E-state index contributed by atoms with van der Waals surface area (Å²) in [5.41, 5.74) is 3.81. The quantitative estimate of drug-likeness (QED) is 0.555. The van der Waals surface area contributed by atoms with Gasteiger partial charge >= 0.3 is 0 Å². The van der Waals surface area contributed by atoms with Gasteiger partial charge < -0.3 is 4.90 Å². The molecule has 3 aromatic rings. The zero-order valence-corrected chi connectivity index (χ0v) is 17.4. The lowest BCUT2D eigenvalue weighted by atomic mass is 10.1. The number of hydrogen-bond acceptors (Lipinski definition) is 3. The van der Waals surface area contributed by atoms with E-state index in [1.54, 1.807) is 16.8 Å². The van der Waals surface area contributed by atoms with E-state index in [2.05, 4.69) is 34.0 Å². The molecule has 1 atom stereocenters. The van der Waals surface area contributed by atoms with Gasteiger partial charge in [-0.1, -0.05) is 45.7 Å². The molecule has 0 radical (unpaired) electrons. The van der Waals surface area contributed by atoms with Gasteiger partial charge in [-0.05, 0) is 42.8 Å². The second kappa shape index (κ2) is 7.42. The number of carbonyl (C=O) groups excluding carboxylic acids is 1. The van der Waals surface area contributed by atoms with E-state index in [4.69, 9.17) is 16.9 Å². The minimum absolute atomic E-state index is 0.0497. The normalized spacial score (nSPS) is 16.0. The number of nitrogens with zero attached hydrogens (tertiary/aromatic N) is 4. The minimum atomic E-state index is -0.0497. The van der Waals surface area contributed by atoms with Crippen molar-refractivity contribution in [2.45, 2.75) is 19.5 Å². The Morgan fingerprint density at radius 1 is 1.25 bits per heavy atom. The Kier molecular flexibility index (Phi) is 4.96. The third kappa shape index (κ3) is 3.44. The summed E-state index contributed by atoms with van der Waals surface area (Å²) in [7, 11) is 0. The molecule has 4 rings (SSSR count). The standard InChI is InChI=1S/C21H16BrClN4O/c1-13-11-26(12-15-4-2-14(10-24)3-5-15)21(28)20-9-19(25-27(13)20)17-7-6-16(23)8-18(17)22/h2-9,13H,11-12H2,1H3/t13-/m0/s1. The lowest BCUT2D eigenvalue weighted by Crippen LogP contribution is -2.41. The van der Waals surface area contributed by atoms with Gasteiger partial charge in [-0.15, -0.1) is 0 Å². The highest BCUT2D eigenvalue weighted by molar-refractivity contribution is 9.10. The highest BCUT2D eigenvalue weighted by Crippen LogP contribution is 2.32. The van der Waals surface area contributed by atoms with Crippen molar-refractivity contribution in [2.75, 3.05) is 6.54 Å². The molecule has 2 heterocycles. The van der Waals surface area contributed by atoms with Crippen molar-refractivity contribution >= 4 is 33.4 Å². The lowest BCUT2D eigenvalue weighted by Gasteiger charge is -2.31. The van der Waals surface area contributed by atoms with Crippen molar-refractivity contribution in [2.24, 2.45) is 0 Å². The minimum Gasteiger partial charge on any atom is -0.331 e. The van der Waals surface area contributed by atoms with Crippen LogP contribution in [0.25, 0.3) is 11.3 Å². The molecular weight excluding hydrogens is 440 g/mol. The summed E-state index contributed by atoms with van der Waals surface area (Å²) in [6, 6.07) is 16.8. The van der Waals surface area contributed by atoms with Gasteiger partial charge in [-0.2, -0.15) is 10.4 Å². The zero-order chi connectivity index (χ0) is 19.8. The Balaban J connectivity index is 1.63. The lowest BCUT2D eigenvalue weighted by molar-refractivity contribution is 0.0651. The third-order valence-corrected chi connectivity index (χ3v) is 5.70. The van der Waals surface area contributed by atoms with Crippen molar-refractivity contribution in [3.8, 4) is 17.3 Å². The van der Waals surface area contributed by atoms with Crippen molar-refractivity contribution in [1.82, 2.24) is 14.7 Å². The molecule has 140 valence electrons. The maximum Gasteiger partial charge on any atom is 0.272 e. The summed E-state index contributed by atoms with van der Waals surface area (Å²) >= 11 is 9.56. The van der Waals surface area contributed by atoms with Crippen LogP contribution in [0.5, 0.6) is 0 Å². The Morgan fingerprint density at radius 2 is 2.00 bits per heavy atom. The second-order valence-electron chi connectivity index (χ2n) is 6.83. The van der Waals surface area contributed by atoms with Gasteiger partial charge in [0.05, 0.1) is 23.4 Å². The van der Waals surface area contributed by atoms with Crippen molar-refractivity contribution in [1.29, 1.82) is 5.26 Å². The van der Waals surface area contributed by atoms with Gasteiger partial charge in [0.1, 0.15) is 5.69 Å². The Morgan fingerprint density at radius 3 is 2.68 bits per heavy atom. The number of halogens is 2. The molecular formula is C21H16BrClN4O. The maximum absolute atomic E-state index is 13.1. The van der Waals surface area contributed by atoms with Crippen LogP contribution in [0.1, 0.15) is 34.6 Å². The van der Waals surface area contributed by atoms with E-state index in [-0.39, 0.29) is 11.9 Å². The van der Waals surface area contributed by atoms with Crippen LogP contribution in [0.4, 0.5) is 0 Å². The first-order chi connectivity index (χ1) is 13.5. The predicted molar refractivity (Wildman–Crippen MR) is 111 cm³/mol. The number of hydrogen-bond donors (Lipinski definition) is 0. The molecule has 0 fully saturated rings. The molecule has 7 heteroatoms. The summed E-state index contributed by atoms with van der Waals surface area (Å²) < 4.78 is 2.64. The predicted octanol–water partition coefficient (Wildman–Crippen LogP) is 5.05. The first kappa shape index (κ1) is 18.7. The monoisotopic (exact) mass is 454 g/mol. The summed E-state index contributed by atoms with van der Waals surface area (Å²) in [5.74, 6) is -0.0497. The third-order valence-electron chi connectivity index (χ3n) is 4.81. The van der Waals surface area contributed by atoms with Gasteiger partial charge in [-0.3, -0.25) is 9.48 Å². The summed E-state index contributed by atoms with van der Waals surface area (Å²) in [5, 5.41) is 14.2. The fourth-order valence-corrected chi connectivity index (χ4v) is 4.29. The SMILES string of the molecule is C[C@H]1CN(Cc2ccc(C#N)cc2)C(=O)c2cc(-c3ccc(Cl)cc3Br)nn21. The van der Waals surface area contributed by atoms with E-state index in [1.807, 2.05) is 41.3 Å². The fraction of sp³-hybridized carbons (Fsp3) is 0.190. The van der Waals surface area contributed by atoms with Crippen LogP contribution in [0.3, 0.4) is 0 Å². The molecule has 0 saturated carbocycles. The fourth-order valence-electron chi connectivity index (χ4n) is 3.40. The van der Waals surface area contributed by atoms with Crippen LogP contribution in [0.15, 0.2) is 53.0 Å². The topological polar surface area (TPSA) is 61.9 Å². The first-order valence-electron chi connectivity index (χ1n) is 8.79. The number of carbonyl (C=O) groups is 1. The van der Waals surface area contributed by atoms with Crippen molar-refractivity contribution < 1.29 is 4.79 Å². The smallest absolute Gasteiger partial charge is 0.272 e. The Bertz CT molecular complexity index is 1100. The van der Waals surface area contributed by atoms with Crippen LogP contribution in [0.2, 0.25) is 5.02 Å². The molecule has 0 saturated heterocycles. The van der Waals surface area contributed by atoms with Gasteiger partial charge in [0.2, 0.25) is 0 Å². The van der Waals surface area contributed by atoms with E-state index in [1.165, 1.54) is 0 Å². The van der Waals surface area contributed by atoms with Crippen LogP contribution >= 0.6 is 27.5 Å². The van der Waals surface area contributed by atoms with Gasteiger partial charge in [0.25, 0.3) is 5.91 Å². The number of fused-ring (bicyclic) bond motifs is 1. The molecule has 0 unspecified atom stereocenters. The summed E-state index contributed by atoms with van der Waals surface area (Å²) in [6.45, 7) is 3.13. The van der Waals surface area contributed by atoms with Crippen LogP contribution in [-0.2, 0) is 6.54 Å². The highest BCUT2D eigenvalue weighted by atomic mass is 79.9. The van der Waals surface area contributed by atoms with E-state index in [9.17, 15) is 4.79 Å². The molecule has 0 aliphatic carbocycles. The molecule has 28 heavy (non-hydrogen) atoms. The average molecular weight is 456 g/mol. The number of aromatic nitrogens is 2. The molecule has 5 nitrogen and oxygen atoms in total. The second-order valence-corrected chi connectivity index (χ2v) is 8.12. The number of amides is 1. The molecule has 1 aliphatic heterocycles. The molecule has 0 spiro atoms. The molecule has 0 N–H and O–H groups in total. The Hall–Kier alpha value is -2.62. The molecule has 1 aromatic heterocycles. The first-order valence-corrected chi connectivity index (χ1v) is 9.96. The Labute approximate surface area is 176 Å². The van der Waals surface area contributed by atoms with Crippen LogP contribution in [0, 0.1) is 11.3 Å². The zero-order valence-electron chi connectivity index (χ0n) is 15.1. The number of benzene rings is 2. The van der Waals surface area contributed by atoms with E-state index >= 15 is 0 Å². The number of rotatable bonds is 3.